The summed E-state index contributed by atoms with van der Waals surface area (Å²) >= 11 is 2.66. The molecule has 1 amide bonds. The molecule has 3 rings (SSSR count). The Morgan fingerprint density at radius 3 is 2.50 bits per heavy atom. The largest absolute Gasteiger partial charge is 0.299 e. The van der Waals surface area contributed by atoms with E-state index in [1.807, 2.05) is 30.3 Å². The Morgan fingerprint density at radius 1 is 1.17 bits per heavy atom. The first-order chi connectivity index (χ1) is 14.3. The lowest BCUT2D eigenvalue weighted by molar-refractivity contribution is -0.116. The Morgan fingerprint density at radius 2 is 1.83 bits per heavy atom. The van der Waals surface area contributed by atoms with Gasteiger partial charge in [0.25, 0.3) is 0 Å². The van der Waals surface area contributed by atoms with Gasteiger partial charge in [-0.15, -0.1) is 10.2 Å². The van der Waals surface area contributed by atoms with E-state index in [9.17, 15) is 17.6 Å². The van der Waals surface area contributed by atoms with E-state index in [1.54, 1.807) is 0 Å². The molecule has 0 aliphatic carbocycles. The van der Waals surface area contributed by atoms with Crippen LogP contribution in [0.3, 0.4) is 0 Å². The number of thioether (sulfide) groups is 1. The Hall–Kier alpha value is -2.50. The summed E-state index contributed by atoms with van der Waals surface area (Å²) < 4.78 is 40.1. The zero-order valence-electron chi connectivity index (χ0n) is 16.1. The SMILES string of the molecule is C[C@@H](C(=O)Nc1nnc(SCc2ccccc2)s1)N(c1ccccc1F)S(C)(=O)=O. The number of sulfonamides is 1. The molecule has 0 spiro atoms. The molecule has 1 heterocycles. The van der Waals surface area contributed by atoms with Gasteiger partial charge in [0.2, 0.25) is 21.1 Å². The van der Waals surface area contributed by atoms with Crippen LogP contribution in [0.5, 0.6) is 0 Å². The molecule has 30 heavy (non-hydrogen) atoms. The van der Waals surface area contributed by atoms with Crippen molar-refractivity contribution in [3.05, 3.63) is 66.0 Å². The minimum absolute atomic E-state index is 0.195. The first-order valence-corrected chi connectivity index (χ1v) is 12.5. The van der Waals surface area contributed by atoms with Crippen molar-refractivity contribution in [2.24, 2.45) is 0 Å². The van der Waals surface area contributed by atoms with Crippen LogP contribution in [0.2, 0.25) is 0 Å². The number of nitrogens with one attached hydrogen (secondary N) is 1. The van der Waals surface area contributed by atoms with Crippen LogP contribution in [-0.2, 0) is 20.6 Å². The standard InChI is InChI=1S/C19H19FN4O3S3/c1-13(24(30(2,26)27)16-11-7-6-10-15(16)20)17(25)21-18-22-23-19(29-18)28-12-14-8-4-3-5-9-14/h3-11,13H,12H2,1-2H3,(H,21,22,25)/t13-/m0/s1. The number of anilines is 2. The lowest BCUT2D eigenvalue weighted by Crippen LogP contribution is -2.45. The van der Waals surface area contributed by atoms with E-state index in [-0.39, 0.29) is 10.8 Å². The first kappa shape index (κ1) is 22.2. The Balaban J connectivity index is 1.70. The van der Waals surface area contributed by atoms with E-state index < -0.39 is 27.8 Å². The average Bonchev–Trinajstić information content (AvgIpc) is 3.15. The maximum absolute atomic E-state index is 14.2. The molecular formula is C19H19FN4O3S3. The number of aromatic nitrogens is 2. The van der Waals surface area contributed by atoms with Crippen molar-refractivity contribution in [1.82, 2.24) is 10.2 Å². The van der Waals surface area contributed by atoms with E-state index in [0.29, 0.717) is 10.1 Å². The molecule has 11 heteroatoms. The lowest BCUT2D eigenvalue weighted by Gasteiger charge is -2.28. The summed E-state index contributed by atoms with van der Waals surface area (Å²) in [6.45, 7) is 1.38. The summed E-state index contributed by atoms with van der Waals surface area (Å²) in [6.07, 6.45) is 0.923. The van der Waals surface area contributed by atoms with Crippen LogP contribution in [0.15, 0.2) is 58.9 Å². The molecular weight excluding hydrogens is 447 g/mol. The molecule has 0 saturated carbocycles. The van der Waals surface area contributed by atoms with Gasteiger partial charge < -0.3 is 0 Å². The fraction of sp³-hybridized carbons (Fsp3) is 0.211. The fourth-order valence-corrected chi connectivity index (χ4v) is 5.55. The molecule has 1 aromatic heterocycles. The van der Waals surface area contributed by atoms with E-state index in [1.165, 1.54) is 48.2 Å². The van der Waals surface area contributed by atoms with Gasteiger partial charge in [0, 0.05) is 5.75 Å². The van der Waals surface area contributed by atoms with Crippen molar-refractivity contribution in [1.29, 1.82) is 0 Å². The molecule has 0 saturated heterocycles. The number of hydrogen-bond acceptors (Lipinski definition) is 7. The second-order valence-electron chi connectivity index (χ2n) is 6.32. The highest BCUT2D eigenvalue weighted by atomic mass is 32.2. The van der Waals surface area contributed by atoms with Crippen molar-refractivity contribution in [2.45, 2.75) is 23.1 Å². The highest BCUT2D eigenvalue weighted by Crippen LogP contribution is 2.29. The zero-order valence-corrected chi connectivity index (χ0v) is 18.6. The molecule has 1 N–H and O–H groups in total. The number of halogens is 1. The summed E-state index contributed by atoms with van der Waals surface area (Å²) in [5.41, 5.74) is 0.935. The van der Waals surface area contributed by atoms with Gasteiger partial charge in [-0.05, 0) is 24.6 Å². The number of benzene rings is 2. The second kappa shape index (κ2) is 9.54. The number of rotatable bonds is 8. The molecule has 7 nitrogen and oxygen atoms in total. The minimum atomic E-state index is -3.92. The van der Waals surface area contributed by atoms with E-state index in [4.69, 9.17) is 0 Å². The Kier molecular flexibility index (Phi) is 7.06. The predicted molar refractivity (Wildman–Crippen MR) is 118 cm³/mol. The summed E-state index contributed by atoms with van der Waals surface area (Å²) in [5.74, 6) is -0.674. The zero-order chi connectivity index (χ0) is 21.7. The van der Waals surface area contributed by atoms with Crippen molar-refractivity contribution in [3.63, 3.8) is 0 Å². The second-order valence-corrected chi connectivity index (χ2v) is 10.4. The van der Waals surface area contributed by atoms with Crippen molar-refractivity contribution < 1.29 is 17.6 Å². The minimum Gasteiger partial charge on any atom is -0.299 e. The maximum atomic E-state index is 14.2. The number of hydrogen-bond donors (Lipinski definition) is 1. The Bertz CT molecular complexity index is 1120. The van der Waals surface area contributed by atoms with E-state index in [0.717, 1.165) is 22.2 Å². The third-order valence-corrected chi connectivity index (χ3v) is 7.29. The monoisotopic (exact) mass is 466 g/mol. The topological polar surface area (TPSA) is 92.3 Å². The third-order valence-electron chi connectivity index (χ3n) is 4.02. The number of nitrogens with zero attached hydrogens (tertiary/aromatic N) is 3. The molecule has 0 unspecified atom stereocenters. The summed E-state index contributed by atoms with van der Waals surface area (Å²) in [7, 11) is -3.92. The average molecular weight is 467 g/mol. The van der Waals surface area contributed by atoms with E-state index in [2.05, 4.69) is 15.5 Å². The number of para-hydroxylation sites is 1. The van der Waals surface area contributed by atoms with Crippen molar-refractivity contribution in [2.75, 3.05) is 15.9 Å². The molecule has 158 valence electrons. The normalized spacial score (nSPS) is 12.4. The smallest absolute Gasteiger partial charge is 0.249 e. The molecule has 0 aliphatic heterocycles. The number of amides is 1. The highest BCUT2D eigenvalue weighted by Gasteiger charge is 2.31. The molecule has 0 radical (unpaired) electrons. The third kappa shape index (κ3) is 5.55. The van der Waals surface area contributed by atoms with Crippen LogP contribution in [0.1, 0.15) is 12.5 Å². The van der Waals surface area contributed by atoms with Gasteiger partial charge in [-0.3, -0.25) is 14.4 Å². The van der Waals surface area contributed by atoms with Crippen molar-refractivity contribution in [3.8, 4) is 0 Å². The lowest BCUT2D eigenvalue weighted by atomic mass is 10.2. The van der Waals surface area contributed by atoms with Gasteiger partial charge in [0.1, 0.15) is 11.9 Å². The van der Waals surface area contributed by atoms with E-state index >= 15 is 0 Å². The Labute approximate surface area is 182 Å². The van der Waals surface area contributed by atoms with Crippen LogP contribution in [-0.4, -0.2) is 36.8 Å². The van der Waals surface area contributed by atoms with Crippen LogP contribution in [0.25, 0.3) is 0 Å². The quantitative estimate of drug-likeness (QED) is 0.401. The van der Waals surface area contributed by atoms with Crippen molar-refractivity contribution >= 4 is 49.8 Å². The maximum Gasteiger partial charge on any atom is 0.249 e. The van der Waals surface area contributed by atoms with Crippen LogP contribution in [0.4, 0.5) is 15.2 Å². The highest BCUT2D eigenvalue weighted by molar-refractivity contribution is 8.00. The molecule has 2 aromatic carbocycles. The van der Waals surface area contributed by atoms with Gasteiger partial charge in [-0.25, -0.2) is 12.8 Å². The van der Waals surface area contributed by atoms with Gasteiger partial charge in [0.05, 0.1) is 11.9 Å². The summed E-state index contributed by atoms with van der Waals surface area (Å²) in [5, 5.41) is 10.8. The predicted octanol–water partition coefficient (Wildman–Crippen LogP) is 3.76. The first-order valence-electron chi connectivity index (χ1n) is 8.80. The van der Waals surface area contributed by atoms with Gasteiger partial charge in [-0.2, -0.15) is 0 Å². The van der Waals surface area contributed by atoms with Gasteiger partial charge in [0.15, 0.2) is 4.34 Å². The molecule has 0 fully saturated rings. The van der Waals surface area contributed by atoms with Gasteiger partial charge in [-0.1, -0.05) is 65.6 Å². The van der Waals surface area contributed by atoms with Gasteiger partial charge >= 0.3 is 0 Å². The molecule has 0 aliphatic rings. The van der Waals surface area contributed by atoms with Crippen LogP contribution >= 0.6 is 23.1 Å². The summed E-state index contributed by atoms with van der Waals surface area (Å²) in [6, 6.07) is 14.0. The molecule has 3 aromatic rings. The summed E-state index contributed by atoms with van der Waals surface area (Å²) in [4.78, 5) is 12.7. The fourth-order valence-electron chi connectivity index (χ4n) is 2.66. The number of carbonyl (C=O) groups excluding carboxylic acids is 1. The molecule has 0 bridgehead atoms. The van der Waals surface area contributed by atoms with Crippen LogP contribution < -0.4 is 9.62 Å². The number of carbonyl (C=O) groups is 1. The van der Waals surface area contributed by atoms with Crippen LogP contribution in [0, 0.1) is 5.82 Å². The molecule has 1 atom stereocenters.